The first-order valence-corrected chi connectivity index (χ1v) is 9.86. The zero-order valence-corrected chi connectivity index (χ0v) is 16.8. The molecule has 0 aromatic heterocycles. The number of carboxylic acids is 1. The molecule has 0 spiro atoms. The molecule has 2 heterocycles. The number of methoxy groups -OCH3 is 1. The molecule has 2 fully saturated rings. The third-order valence-electron chi connectivity index (χ3n) is 6.38. The first-order valence-electron chi connectivity index (χ1n) is 9.86. The Labute approximate surface area is 166 Å². The highest BCUT2D eigenvalue weighted by Gasteiger charge is 2.46. The van der Waals surface area contributed by atoms with Crippen LogP contribution in [0.2, 0.25) is 0 Å². The number of benzene rings is 2. The van der Waals surface area contributed by atoms with E-state index < -0.39 is 5.97 Å². The van der Waals surface area contributed by atoms with Gasteiger partial charge >= 0.3 is 5.97 Å². The lowest BCUT2D eigenvalue weighted by atomic mass is 9.88. The Morgan fingerprint density at radius 1 is 1.18 bits per heavy atom. The third-order valence-corrected chi connectivity index (χ3v) is 6.38. The van der Waals surface area contributed by atoms with Gasteiger partial charge in [0, 0.05) is 32.2 Å². The van der Waals surface area contributed by atoms with Gasteiger partial charge in [0.05, 0.1) is 7.11 Å². The molecule has 0 aliphatic carbocycles. The molecular formula is C23H28N2O3. The molecule has 148 valence electrons. The Bertz CT molecular complexity index is 882. The zero-order valence-electron chi connectivity index (χ0n) is 16.8. The minimum absolute atomic E-state index is 0.233. The van der Waals surface area contributed by atoms with Gasteiger partial charge in [0.15, 0.2) is 0 Å². The Balaban J connectivity index is 1.51. The predicted octanol–water partition coefficient (Wildman–Crippen LogP) is 3.44. The zero-order chi connectivity index (χ0) is 19.8. The highest BCUT2D eigenvalue weighted by molar-refractivity contribution is 5.91. The number of carboxylic acid groups (broad SMARTS) is 1. The molecule has 0 saturated carbocycles. The number of hydrogen-bond donors (Lipinski definition) is 1. The number of nitrogens with zero attached hydrogens (tertiary/aromatic N) is 2. The molecule has 0 bridgehead atoms. The van der Waals surface area contributed by atoms with Gasteiger partial charge in [0.2, 0.25) is 0 Å². The van der Waals surface area contributed by atoms with Gasteiger partial charge in [-0.3, -0.25) is 9.80 Å². The van der Waals surface area contributed by atoms with Crippen LogP contribution in [-0.4, -0.2) is 54.7 Å². The maximum atomic E-state index is 11.5. The summed E-state index contributed by atoms with van der Waals surface area (Å²) >= 11 is 0. The van der Waals surface area contributed by atoms with E-state index in [1.807, 2.05) is 6.07 Å². The van der Waals surface area contributed by atoms with Gasteiger partial charge in [-0.05, 0) is 54.6 Å². The van der Waals surface area contributed by atoms with E-state index in [0.717, 1.165) is 31.7 Å². The van der Waals surface area contributed by atoms with Crippen molar-refractivity contribution in [2.75, 3.05) is 33.8 Å². The fourth-order valence-electron chi connectivity index (χ4n) is 5.14. The molecule has 5 heteroatoms. The Hall–Kier alpha value is -2.37. The fraction of sp³-hybridized carbons (Fsp3) is 0.435. The molecule has 2 aliphatic rings. The van der Waals surface area contributed by atoms with Gasteiger partial charge in [-0.1, -0.05) is 30.3 Å². The van der Waals surface area contributed by atoms with Crippen LogP contribution >= 0.6 is 0 Å². The molecule has 2 aliphatic heterocycles. The Morgan fingerprint density at radius 2 is 1.96 bits per heavy atom. The van der Waals surface area contributed by atoms with Crippen LogP contribution in [0.1, 0.15) is 33.1 Å². The largest absolute Gasteiger partial charge is 0.496 e. The second-order valence-electron chi connectivity index (χ2n) is 8.20. The van der Waals surface area contributed by atoms with Gasteiger partial charge in [0.1, 0.15) is 11.3 Å². The van der Waals surface area contributed by atoms with Gasteiger partial charge < -0.3 is 9.84 Å². The molecule has 5 nitrogen and oxygen atoms in total. The molecule has 0 unspecified atom stereocenters. The molecular weight excluding hydrogens is 352 g/mol. The van der Waals surface area contributed by atoms with Crippen molar-refractivity contribution in [1.82, 2.24) is 9.80 Å². The number of fused-ring (bicyclic) bond motifs is 1. The first kappa shape index (κ1) is 19.0. The van der Waals surface area contributed by atoms with Crippen LogP contribution in [-0.2, 0) is 6.54 Å². The van der Waals surface area contributed by atoms with E-state index in [0.29, 0.717) is 23.6 Å². The summed E-state index contributed by atoms with van der Waals surface area (Å²) in [7, 11) is 3.74. The summed E-state index contributed by atoms with van der Waals surface area (Å²) in [6, 6.07) is 14.7. The van der Waals surface area contributed by atoms with Crippen molar-refractivity contribution in [3.05, 3.63) is 64.7 Å². The second-order valence-corrected chi connectivity index (χ2v) is 8.20. The van der Waals surface area contributed by atoms with E-state index >= 15 is 0 Å². The van der Waals surface area contributed by atoms with E-state index in [-0.39, 0.29) is 5.56 Å². The van der Waals surface area contributed by atoms with Crippen LogP contribution in [0.3, 0.4) is 0 Å². The van der Waals surface area contributed by atoms with Crippen molar-refractivity contribution in [3.63, 3.8) is 0 Å². The van der Waals surface area contributed by atoms with Crippen molar-refractivity contribution in [1.29, 1.82) is 0 Å². The molecule has 0 radical (unpaired) electrons. The summed E-state index contributed by atoms with van der Waals surface area (Å²) in [5.74, 6) is 0.740. The molecule has 2 saturated heterocycles. The molecule has 28 heavy (non-hydrogen) atoms. The maximum Gasteiger partial charge on any atom is 0.339 e. The lowest BCUT2D eigenvalue weighted by Gasteiger charge is -2.28. The molecule has 2 aromatic carbocycles. The highest BCUT2D eigenvalue weighted by atomic mass is 16.5. The average molecular weight is 380 g/mol. The second kappa shape index (κ2) is 7.57. The molecule has 2 aromatic rings. The third kappa shape index (κ3) is 3.40. The van der Waals surface area contributed by atoms with E-state index in [4.69, 9.17) is 4.74 Å². The summed E-state index contributed by atoms with van der Waals surface area (Å²) in [6.45, 7) is 6.20. The SMILES string of the molecule is COc1ccc(CN2C[C@@H]3CN(C)[C@@H](c4ccccc4C)[C@@H]3C2)cc1C(=O)O. The highest BCUT2D eigenvalue weighted by Crippen LogP contribution is 2.45. The van der Waals surface area contributed by atoms with E-state index in [2.05, 4.69) is 48.0 Å². The van der Waals surface area contributed by atoms with Crippen molar-refractivity contribution < 1.29 is 14.6 Å². The number of aryl methyl sites for hydroxylation is 1. The smallest absolute Gasteiger partial charge is 0.339 e. The summed E-state index contributed by atoms with van der Waals surface area (Å²) in [5.41, 5.74) is 4.06. The van der Waals surface area contributed by atoms with Crippen LogP contribution in [0.15, 0.2) is 42.5 Å². The van der Waals surface area contributed by atoms with Crippen LogP contribution in [0.25, 0.3) is 0 Å². The number of likely N-dealkylation sites (tertiary alicyclic amines) is 2. The normalized spacial score (nSPS) is 25.0. The quantitative estimate of drug-likeness (QED) is 0.861. The average Bonchev–Trinajstić information content (AvgIpc) is 3.18. The summed E-state index contributed by atoms with van der Waals surface area (Å²) < 4.78 is 5.18. The minimum Gasteiger partial charge on any atom is -0.496 e. The molecule has 3 atom stereocenters. The van der Waals surface area contributed by atoms with Gasteiger partial charge in [-0.2, -0.15) is 0 Å². The fourth-order valence-corrected chi connectivity index (χ4v) is 5.14. The first-order chi connectivity index (χ1) is 13.5. The van der Waals surface area contributed by atoms with Gasteiger partial charge in [0.25, 0.3) is 0 Å². The number of aromatic carboxylic acids is 1. The van der Waals surface area contributed by atoms with Crippen LogP contribution < -0.4 is 4.74 Å². The lowest BCUT2D eigenvalue weighted by molar-refractivity contribution is 0.0693. The maximum absolute atomic E-state index is 11.5. The van der Waals surface area contributed by atoms with E-state index in [9.17, 15) is 9.90 Å². The van der Waals surface area contributed by atoms with Crippen LogP contribution in [0.5, 0.6) is 5.75 Å². The monoisotopic (exact) mass is 380 g/mol. The predicted molar refractivity (Wildman–Crippen MR) is 109 cm³/mol. The van der Waals surface area contributed by atoms with Crippen LogP contribution in [0, 0.1) is 18.8 Å². The number of ether oxygens (including phenoxy) is 1. The summed E-state index contributed by atoms with van der Waals surface area (Å²) in [6.07, 6.45) is 0. The van der Waals surface area contributed by atoms with Gasteiger partial charge in [-0.15, -0.1) is 0 Å². The Kier molecular flexibility index (Phi) is 5.13. The van der Waals surface area contributed by atoms with Crippen molar-refractivity contribution in [3.8, 4) is 5.75 Å². The minimum atomic E-state index is -0.946. The van der Waals surface area contributed by atoms with Gasteiger partial charge in [-0.25, -0.2) is 4.79 Å². The molecule has 1 N–H and O–H groups in total. The number of hydrogen-bond acceptors (Lipinski definition) is 4. The molecule has 0 amide bonds. The lowest BCUT2D eigenvalue weighted by Crippen LogP contribution is -2.29. The molecule has 4 rings (SSSR count). The van der Waals surface area contributed by atoms with Crippen molar-refractivity contribution in [2.24, 2.45) is 11.8 Å². The van der Waals surface area contributed by atoms with E-state index in [1.54, 1.807) is 12.1 Å². The topological polar surface area (TPSA) is 53.0 Å². The van der Waals surface area contributed by atoms with Crippen molar-refractivity contribution >= 4 is 5.97 Å². The van der Waals surface area contributed by atoms with E-state index in [1.165, 1.54) is 18.2 Å². The number of carbonyl (C=O) groups is 1. The number of rotatable bonds is 5. The van der Waals surface area contributed by atoms with Crippen LogP contribution in [0.4, 0.5) is 0 Å². The Morgan fingerprint density at radius 3 is 2.68 bits per heavy atom. The summed E-state index contributed by atoms with van der Waals surface area (Å²) in [4.78, 5) is 16.5. The summed E-state index contributed by atoms with van der Waals surface area (Å²) in [5, 5.41) is 9.43. The standard InChI is InChI=1S/C23H28N2O3/c1-15-6-4-5-7-18(15)22-20-14-25(13-17(20)12-24(22)2)11-16-8-9-21(28-3)19(10-16)23(26)27/h4-10,17,20,22H,11-14H2,1-3H3,(H,26,27)/t17-,20+,22-/m0/s1. The van der Waals surface area contributed by atoms with Crippen molar-refractivity contribution in [2.45, 2.75) is 19.5 Å².